The molecule has 0 saturated carbocycles. The van der Waals surface area contributed by atoms with E-state index in [-0.39, 0.29) is 29.9 Å². The molecule has 6 rings (SSSR count). The van der Waals surface area contributed by atoms with Gasteiger partial charge in [-0.2, -0.15) is 0 Å². The summed E-state index contributed by atoms with van der Waals surface area (Å²) >= 11 is 0. The van der Waals surface area contributed by atoms with Crippen LogP contribution in [0.1, 0.15) is 53.9 Å². The fraction of sp³-hybridized carbons (Fsp3) is 0.323. The van der Waals surface area contributed by atoms with Crippen LogP contribution < -0.4 is 0 Å². The number of fused-ring (bicyclic) bond motifs is 5. The van der Waals surface area contributed by atoms with Gasteiger partial charge in [0, 0.05) is 12.0 Å². The molecule has 0 spiro atoms. The Morgan fingerprint density at radius 2 is 1.71 bits per heavy atom. The van der Waals surface area contributed by atoms with E-state index in [2.05, 4.69) is 54.6 Å². The van der Waals surface area contributed by atoms with Crippen molar-refractivity contribution in [2.45, 2.75) is 57.0 Å². The SMILES string of the molecule is Cc1ccc(CC2=CC3CCCC(C2)N3C(=O)OCC2c3ccccc3-c3ccccc32)cc1F. The van der Waals surface area contributed by atoms with Crippen LogP contribution >= 0.6 is 0 Å². The Morgan fingerprint density at radius 3 is 2.40 bits per heavy atom. The first kappa shape index (κ1) is 22.1. The Balaban J connectivity index is 1.18. The fourth-order valence-corrected chi connectivity index (χ4v) is 6.21. The van der Waals surface area contributed by atoms with Gasteiger partial charge in [-0.05, 0) is 78.5 Å². The molecule has 3 aromatic carbocycles. The minimum atomic E-state index is -0.210. The molecule has 178 valence electrons. The number of carbonyl (C=O) groups excluding carboxylic acids is 1. The van der Waals surface area contributed by atoms with Gasteiger partial charge in [0.05, 0.1) is 6.04 Å². The first-order valence-electron chi connectivity index (χ1n) is 12.7. The molecule has 0 radical (unpaired) electrons. The van der Waals surface area contributed by atoms with E-state index in [1.165, 1.54) is 27.8 Å². The van der Waals surface area contributed by atoms with Gasteiger partial charge in [-0.3, -0.25) is 4.90 Å². The number of amides is 1. The van der Waals surface area contributed by atoms with Crippen LogP contribution in [0.5, 0.6) is 0 Å². The monoisotopic (exact) mass is 467 g/mol. The van der Waals surface area contributed by atoms with E-state index in [9.17, 15) is 9.18 Å². The molecule has 35 heavy (non-hydrogen) atoms. The molecule has 2 unspecified atom stereocenters. The first-order valence-corrected chi connectivity index (χ1v) is 12.7. The number of hydrogen-bond acceptors (Lipinski definition) is 2. The van der Waals surface area contributed by atoms with Crippen molar-refractivity contribution < 1.29 is 13.9 Å². The average molecular weight is 468 g/mol. The summed E-state index contributed by atoms with van der Waals surface area (Å²) in [5, 5.41) is 0. The summed E-state index contributed by atoms with van der Waals surface area (Å²) in [6.07, 6.45) is 6.64. The maximum absolute atomic E-state index is 14.0. The summed E-state index contributed by atoms with van der Waals surface area (Å²) in [5.74, 6) is -0.0853. The third-order valence-electron chi connectivity index (χ3n) is 7.93. The number of aryl methyl sites for hydroxylation is 1. The lowest BCUT2D eigenvalue weighted by Gasteiger charge is -2.44. The topological polar surface area (TPSA) is 29.5 Å². The Hall–Kier alpha value is -3.40. The molecule has 2 aliphatic heterocycles. The number of rotatable bonds is 4. The number of ether oxygens (including phenoxy) is 1. The molecule has 3 nitrogen and oxygen atoms in total. The quantitative estimate of drug-likeness (QED) is 0.380. The lowest BCUT2D eigenvalue weighted by molar-refractivity contribution is 0.0509. The van der Waals surface area contributed by atoms with Gasteiger partial charge >= 0.3 is 6.09 Å². The Bertz CT molecular complexity index is 1270. The summed E-state index contributed by atoms with van der Waals surface area (Å²) < 4.78 is 20.0. The van der Waals surface area contributed by atoms with Crippen molar-refractivity contribution in [3.63, 3.8) is 0 Å². The highest BCUT2D eigenvalue weighted by Gasteiger charge is 2.38. The maximum Gasteiger partial charge on any atom is 0.410 e. The smallest absolute Gasteiger partial charge is 0.410 e. The normalized spacial score (nSPS) is 20.7. The third-order valence-corrected chi connectivity index (χ3v) is 7.93. The number of hydrogen-bond donors (Lipinski definition) is 0. The van der Waals surface area contributed by atoms with E-state index >= 15 is 0 Å². The summed E-state index contributed by atoms with van der Waals surface area (Å²) in [6, 6.07) is 22.5. The minimum Gasteiger partial charge on any atom is -0.448 e. The van der Waals surface area contributed by atoms with Crippen LogP contribution in [0.2, 0.25) is 0 Å². The zero-order valence-electron chi connectivity index (χ0n) is 20.0. The summed E-state index contributed by atoms with van der Waals surface area (Å²) in [7, 11) is 0. The van der Waals surface area contributed by atoms with Gasteiger partial charge in [0.15, 0.2) is 0 Å². The highest BCUT2D eigenvalue weighted by molar-refractivity contribution is 5.79. The lowest BCUT2D eigenvalue weighted by atomic mass is 9.83. The average Bonchev–Trinajstić information content (AvgIpc) is 3.18. The van der Waals surface area contributed by atoms with Gasteiger partial charge in [-0.15, -0.1) is 0 Å². The highest BCUT2D eigenvalue weighted by Crippen LogP contribution is 2.45. The molecule has 1 amide bonds. The summed E-state index contributed by atoms with van der Waals surface area (Å²) in [4.78, 5) is 15.3. The van der Waals surface area contributed by atoms with Gasteiger partial charge in [-0.25, -0.2) is 9.18 Å². The predicted molar refractivity (Wildman–Crippen MR) is 136 cm³/mol. The van der Waals surface area contributed by atoms with E-state index in [0.29, 0.717) is 12.2 Å². The van der Waals surface area contributed by atoms with E-state index < -0.39 is 0 Å². The largest absolute Gasteiger partial charge is 0.448 e. The van der Waals surface area contributed by atoms with Crippen LogP contribution in [0.25, 0.3) is 11.1 Å². The molecule has 1 aliphatic carbocycles. The van der Waals surface area contributed by atoms with Gasteiger partial charge in [0.1, 0.15) is 12.4 Å². The summed E-state index contributed by atoms with van der Waals surface area (Å²) in [5.41, 5.74) is 7.89. The minimum absolute atomic E-state index is 0.0587. The Labute approximate surface area is 206 Å². The second kappa shape index (κ2) is 8.99. The first-order chi connectivity index (χ1) is 17.1. The van der Waals surface area contributed by atoms with E-state index in [1.54, 1.807) is 13.0 Å². The molecule has 4 heteroatoms. The number of piperidine rings is 1. The van der Waals surface area contributed by atoms with Gasteiger partial charge in [0.25, 0.3) is 0 Å². The van der Waals surface area contributed by atoms with Crippen molar-refractivity contribution in [3.05, 3.63) is 106 Å². The van der Waals surface area contributed by atoms with Crippen molar-refractivity contribution in [2.24, 2.45) is 0 Å². The molecule has 1 fully saturated rings. The Kier molecular flexibility index (Phi) is 5.68. The standard InChI is InChI=1S/C31H30FNO2/c1-20-13-14-21(18-30(20)32)15-22-16-23-7-6-8-24(17-22)33(23)31(34)35-19-29-27-11-4-2-9-25(27)26-10-3-5-12-28(26)29/h2-5,9-14,16,18,23-24,29H,6-8,15,17,19H2,1H3. The number of benzene rings is 3. The fourth-order valence-electron chi connectivity index (χ4n) is 6.21. The number of halogens is 1. The zero-order chi connectivity index (χ0) is 23.9. The molecular weight excluding hydrogens is 437 g/mol. The number of carbonyl (C=O) groups is 1. The highest BCUT2D eigenvalue weighted by atomic mass is 19.1. The molecule has 0 N–H and O–H groups in total. The zero-order valence-corrected chi connectivity index (χ0v) is 20.0. The van der Waals surface area contributed by atoms with Crippen molar-refractivity contribution in [1.29, 1.82) is 0 Å². The molecular formula is C31H30FNO2. The van der Waals surface area contributed by atoms with Crippen LogP contribution in [0.15, 0.2) is 78.4 Å². The van der Waals surface area contributed by atoms with Crippen molar-refractivity contribution in [1.82, 2.24) is 4.90 Å². The van der Waals surface area contributed by atoms with Gasteiger partial charge < -0.3 is 4.74 Å². The molecule has 0 aromatic heterocycles. The van der Waals surface area contributed by atoms with E-state index in [0.717, 1.165) is 37.7 Å². The van der Waals surface area contributed by atoms with Gasteiger partial charge in [0.2, 0.25) is 0 Å². The third kappa shape index (κ3) is 4.05. The van der Waals surface area contributed by atoms with Crippen LogP contribution in [0.3, 0.4) is 0 Å². The van der Waals surface area contributed by atoms with Crippen LogP contribution in [0, 0.1) is 12.7 Å². The Morgan fingerprint density at radius 1 is 1.00 bits per heavy atom. The number of nitrogens with zero attached hydrogens (tertiary/aromatic N) is 1. The van der Waals surface area contributed by atoms with E-state index in [4.69, 9.17) is 4.74 Å². The van der Waals surface area contributed by atoms with Crippen molar-refractivity contribution in [2.75, 3.05) is 6.61 Å². The molecule has 3 aliphatic rings. The lowest BCUT2D eigenvalue weighted by Crippen LogP contribution is -2.52. The molecule has 2 heterocycles. The predicted octanol–water partition coefficient (Wildman–Crippen LogP) is 7.18. The second-order valence-corrected chi connectivity index (χ2v) is 10.2. The molecule has 2 atom stereocenters. The van der Waals surface area contributed by atoms with Crippen LogP contribution in [-0.2, 0) is 11.2 Å². The van der Waals surface area contributed by atoms with Crippen LogP contribution in [0.4, 0.5) is 9.18 Å². The van der Waals surface area contributed by atoms with E-state index in [1.807, 2.05) is 17.0 Å². The van der Waals surface area contributed by atoms with Crippen LogP contribution in [-0.4, -0.2) is 29.7 Å². The van der Waals surface area contributed by atoms with Crippen molar-refractivity contribution >= 4 is 6.09 Å². The second-order valence-electron chi connectivity index (χ2n) is 10.2. The van der Waals surface area contributed by atoms with Crippen molar-refractivity contribution in [3.8, 4) is 11.1 Å². The molecule has 1 saturated heterocycles. The molecule has 3 aromatic rings. The summed E-state index contributed by atoms with van der Waals surface area (Å²) in [6.45, 7) is 2.14. The molecule has 2 bridgehead atoms. The van der Waals surface area contributed by atoms with Gasteiger partial charge in [-0.1, -0.05) is 72.3 Å². The maximum atomic E-state index is 14.0.